The van der Waals surface area contributed by atoms with Gasteiger partial charge in [0.25, 0.3) is 0 Å². The summed E-state index contributed by atoms with van der Waals surface area (Å²) >= 11 is 0. The highest BCUT2D eigenvalue weighted by molar-refractivity contribution is 5.48. The van der Waals surface area contributed by atoms with Gasteiger partial charge in [-0.05, 0) is 37.0 Å². The molecule has 1 aromatic heterocycles. The lowest BCUT2D eigenvalue weighted by Gasteiger charge is -2.27. The van der Waals surface area contributed by atoms with Crippen molar-refractivity contribution >= 4 is 0 Å². The van der Waals surface area contributed by atoms with E-state index in [1.807, 2.05) is 19.1 Å². The van der Waals surface area contributed by atoms with Gasteiger partial charge in [0.2, 0.25) is 0 Å². The third-order valence-corrected chi connectivity index (χ3v) is 4.04. The predicted octanol–water partition coefficient (Wildman–Crippen LogP) is 3.59. The molecular weight excluding hydrogens is 279 g/mol. The first-order valence-electron chi connectivity index (χ1n) is 6.66. The fraction of sp³-hybridized carbons (Fsp3) is 0.312. The molecule has 2 nitrogen and oxygen atoms in total. The number of pyridine rings is 1. The Morgan fingerprint density at radius 3 is 2.67 bits per heavy atom. The van der Waals surface area contributed by atoms with E-state index in [2.05, 4.69) is 4.98 Å². The number of benzene rings is 1. The summed E-state index contributed by atoms with van der Waals surface area (Å²) in [4.78, 5) is 3.78. The molecule has 1 N–H and O–H groups in total. The van der Waals surface area contributed by atoms with E-state index in [4.69, 9.17) is 0 Å². The highest BCUT2D eigenvalue weighted by atomic mass is 19.4. The molecule has 1 aromatic carbocycles. The maximum Gasteiger partial charge on any atom is 0.416 e. The Bertz CT molecular complexity index is 696. The molecule has 1 aliphatic rings. The number of aliphatic hydroxyl groups is 1. The van der Waals surface area contributed by atoms with Gasteiger partial charge in [-0.25, -0.2) is 0 Å². The molecule has 0 saturated heterocycles. The number of fused-ring (bicyclic) bond motifs is 1. The minimum Gasteiger partial charge on any atom is -0.380 e. The van der Waals surface area contributed by atoms with Crippen molar-refractivity contribution in [2.45, 2.75) is 31.5 Å². The van der Waals surface area contributed by atoms with E-state index in [1.54, 1.807) is 6.07 Å². The molecule has 1 heterocycles. The summed E-state index contributed by atoms with van der Waals surface area (Å²) in [5, 5.41) is 10.9. The summed E-state index contributed by atoms with van der Waals surface area (Å²) in [6, 6.07) is 6.45. The number of rotatable bonds is 1. The summed E-state index contributed by atoms with van der Waals surface area (Å²) in [7, 11) is 0. The first kappa shape index (κ1) is 14.1. The van der Waals surface area contributed by atoms with Gasteiger partial charge in [-0.1, -0.05) is 23.8 Å². The summed E-state index contributed by atoms with van der Waals surface area (Å²) in [6.07, 6.45) is -1.50. The first-order valence-corrected chi connectivity index (χ1v) is 6.66. The van der Waals surface area contributed by atoms with Crippen LogP contribution in [0.5, 0.6) is 0 Å². The zero-order valence-corrected chi connectivity index (χ0v) is 11.4. The Kier molecular flexibility index (Phi) is 3.06. The smallest absolute Gasteiger partial charge is 0.380 e. The Morgan fingerprint density at radius 2 is 1.95 bits per heavy atom. The van der Waals surface area contributed by atoms with Crippen molar-refractivity contribution in [3.8, 4) is 0 Å². The molecule has 0 bridgehead atoms. The molecule has 2 aromatic rings. The molecule has 1 unspecified atom stereocenters. The van der Waals surface area contributed by atoms with Gasteiger partial charge in [-0.3, -0.25) is 4.98 Å². The van der Waals surface area contributed by atoms with Crippen LogP contribution in [0.1, 0.15) is 34.2 Å². The number of alkyl halides is 3. The summed E-state index contributed by atoms with van der Waals surface area (Å²) in [5.41, 5.74) is -0.260. The summed E-state index contributed by atoms with van der Waals surface area (Å²) < 4.78 is 39.6. The van der Waals surface area contributed by atoms with E-state index in [9.17, 15) is 18.3 Å². The molecule has 0 amide bonds. The van der Waals surface area contributed by atoms with Gasteiger partial charge in [0.05, 0.1) is 5.56 Å². The van der Waals surface area contributed by atoms with Gasteiger partial charge in [0.1, 0.15) is 5.60 Å². The lowest BCUT2D eigenvalue weighted by molar-refractivity contribution is -0.140. The van der Waals surface area contributed by atoms with Crippen LogP contribution >= 0.6 is 0 Å². The molecule has 3 rings (SSSR count). The fourth-order valence-electron chi connectivity index (χ4n) is 2.99. The highest BCUT2D eigenvalue weighted by Crippen LogP contribution is 2.46. The number of halogens is 3. The van der Waals surface area contributed by atoms with E-state index < -0.39 is 17.3 Å². The Labute approximate surface area is 120 Å². The summed E-state index contributed by atoms with van der Waals surface area (Å²) in [5.74, 6) is 0. The van der Waals surface area contributed by atoms with E-state index in [1.165, 1.54) is 0 Å². The van der Waals surface area contributed by atoms with Crippen molar-refractivity contribution in [2.24, 2.45) is 0 Å². The quantitative estimate of drug-likeness (QED) is 0.871. The van der Waals surface area contributed by atoms with Gasteiger partial charge in [0.15, 0.2) is 0 Å². The monoisotopic (exact) mass is 293 g/mol. The lowest BCUT2D eigenvalue weighted by Crippen LogP contribution is -2.28. The van der Waals surface area contributed by atoms with Crippen LogP contribution < -0.4 is 0 Å². The second kappa shape index (κ2) is 4.56. The molecule has 5 heteroatoms. The SMILES string of the molecule is Cc1ccc2c(c1)C(O)(c1cnccc1C(F)(F)F)CC2. The van der Waals surface area contributed by atoms with E-state index in [0.717, 1.165) is 29.6 Å². The topological polar surface area (TPSA) is 33.1 Å². The molecule has 0 aliphatic heterocycles. The van der Waals surface area contributed by atoms with Gasteiger partial charge < -0.3 is 5.11 Å². The zero-order chi connectivity index (χ0) is 15.3. The maximum absolute atomic E-state index is 13.2. The van der Waals surface area contributed by atoms with Gasteiger partial charge in [-0.15, -0.1) is 0 Å². The number of hydrogen-bond donors (Lipinski definition) is 1. The number of hydrogen-bond acceptors (Lipinski definition) is 2. The van der Waals surface area contributed by atoms with Crippen LogP contribution in [0.2, 0.25) is 0 Å². The van der Waals surface area contributed by atoms with Crippen molar-refractivity contribution in [3.05, 3.63) is 64.5 Å². The van der Waals surface area contributed by atoms with Crippen LogP contribution in [-0.4, -0.2) is 10.1 Å². The normalized spacial score (nSPS) is 21.4. The average molecular weight is 293 g/mol. The van der Waals surface area contributed by atoms with Crippen LogP contribution in [-0.2, 0) is 18.2 Å². The minimum atomic E-state index is -4.51. The number of aromatic nitrogens is 1. The Hall–Kier alpha value is -1.88. The van der Waals surface area contributed by atoms with Crippen molar-refractivity contribution < 1.29 is 18.3 Å². The van der Waals surface area contributed by atoms with E-state index in [0.29, 0.717) is 12.0 Å². The van der Waals surface area contributed by atoms with Gasteiger partial charge in [0, 0.05) is 18.0 Å². The van der Waals surface area contributed by atoms with Crippen molar-refractivity contribution in [3.63, 3.8) is 0 Å². The van der Waals surface area contributed by atoms with Crippen LogP contribution in [0.15, 0.2) is 36.7 Å². The molecule has 0 spiro atoms. The van der Waals surface area contributed by atoms with Crippen molar-refractivity contribution in [1.29, 1.82) is 0 Å². The molecule has 21 heavy (non-hydrogen) atoms. The molecule has 0 radical (unpaired) electrons. The average Bonchev–Trinajstić information content (AvgIpc) is 2.76. The van der Waals surface area contributed by atoms with Gasteiger partial charge >= 0.3 is 6.18 Å². The third-order valence-electron chi connectivity index (χ3n) is 4.04. The van der Waals surface area contributed by atoms with E-state index >= 15 is 0 Å². The van der Waals surface area contributed by atoms with Gasteiger partial charge in [-0.2, -0.15) is 13.2 Å². The van der Waals surface area contributed by atoms with Crippen LogP contribution in [0, 0.1) is 6.92 Å². The molecular formula is C16H14F3NO. The highest BCUT2D eigenvalue weighted by Gasteiger charge is 2.45. The van der Waals surface area contributed by atoms with Crippen LogP contribution in [0.4, 0.5) is 13.2 Å². The standard InChI is InChI=1S/C16H14F3NO/c1-10-2-3-11-4-6-15(21,13(11)8-10)14-9-20-7-5-12(14)16(17,18)19/h2-3,5,7-9,21H,4,6H2,1H3. The van der Waals surface area contributed by atoms with Crippen molar-refractivity contribution in [2.75, 3.05) is 0 Å². The molecule has 0 fully saturated rings. The summed E-state index contributed by atoms with van der Waals surface area (Å²) in [6.45, 7) is 1.85. The third kappa shape index (κ3) is 2.21. The second-order valence-corrected chi connectivity index (χ2v) is 5.44. The molecule has 1 atom stereocenters. The number of nitrogens with zero attached hydrogens (tertiary/aromatic N) is 1. The van der Waals surface area contributed by atoms with Crippen LogP contribution in [0.3, 0.4) is 0 Å². The van der Waals surface area contributed by atoms with Crippen molar-refractivity contribution in [1.82, 2.24) is 4.98 Å². The first-order chi connectivity index (χ1) is 9.82. The second-order valence-electron chi connectivity index (χ2n) is 5.44. The van der Waals surface area contributed by atoms with Crippen LogP contribution in [0.25, 0.3) is 0 Å². The molecule has 1 aliphatic carbocycles. The Morgan fingerprint density at radius 1 is 1.19 bits per heavy atom. The largest absolute Gasteiger partial charge is 0.416 e. The number of aryl methyl sites for hydroxylation is 2. The maximum atomic E-state index is 13.2. The molecule has 110 valence electrons. The molecule has 0 saturated carbocycles. The Balaban J connectivity index is 2.22. The zero-order valence-electron chi connectivity index (χ0n) is 11.4. The predicted molar refractivity (Wildman–Crippen MR) is 71.7 cm³/mol. The lowest BCUT2D eigenvalue weighted by atomic mass is 9.85. The minimum absolute atomic E-state index is 0.165. The fourth-order valence-corrected chi connectivity index (χ4v) is 2.99. The van der Waals surface area contributed by atoms with E-state index in [-0.39, 0.29) is 12.0 Å².